The van der Waals surface area contributed by atoms with E-state index in [-0.39, 0.29) is 53.0 Å². The van der Waals surface area contributed by atoms with Gasteiger partial charge in [0, 0.05) is 43.2 Å². The molecular weight excluding hydrogens is 554 g/mol. The number of carbonyl (C=O) groups is 2. The monoisotopic (exact) mass is 576 g/mol. The lowest BCUT2D eigenvalue weighted by molar-refractivity contribution is -0.128. The topological polar surface area (TPSA) is 160 Å². The summed E-state index contributed by atoms with van der Waals surface area (Å²) in [5.41, 5.74) is 7.24. The number of aromatic nitrogens is 3. The SMILES string of the molecule is COCCONC(=O)C#Cc1c(Oc2ccc(NC(=O)c3ccnn(-c4ccc(F)cc4)c3=O)cc2F)ccnc1N. The Morgan fingerprint density at radius 3 is 2.55 bits per heavy atom. The van der Waals surface area contributed by atoms with Crippen LogP contribution in [0.2, 0.25) is 0 Å². The molecule has 42 heavy (non-hydrogen) atoms. The maximum absolute atomic E-state index is 15.0. The third-order valence-electron chi connectivity index (χ3n) is 5.37. The molecule has 0 bridgehead atoms. The number of amides is 2. The van der Waals surface area contributed by atoms with Gasteiger partial charge in [-0.3, -0.25) is 19.2 Å². The first-order valence-corrected chi connectivity index (χ1v) is 12.1. The van der Waals surface area contributed by atoms with Crippen molar-refractivity contribution in [2.45, 2.75) is 0 Å². The van der Waals surface area contributed by atoms with E-state index >= 15 is 0 Å². The molecule has 2 aromatic carbocycles. The van der Waals surface area contributed by atoms with Crippen LogP contribution in [0, 0.1) is 23.5 Å². The number of hydroxylamine groups is 1. The fraction of sp³-hybridized carbons (Fsp3) is 0.107. The third kappa shape index (κ3) is 7.30. The molecule has 0 saturated heterocycles. The first kappa shape index (κ1) is 29.3. The summed E-state index contributed by atoms with van der Waals surface area (Å²) in [6.45, 7) is 0.371. The molecule has 4 aromatic rings. The van der Waals surface area contributed by atoms with Crippen LogP contribution in [0.4, 0.5) is 20.3 Å². The minimum atomic E-state index is -0.871. The largest absolute Gasteiger partial charge is 0.453 e. The molecule has 0 radical (unpaired) electrons. The maximum atomic E-state index is 15.0. The molecule has 14 heteroatoms. The van der Waals surface area contributed by atoms with Gasteiger partial charge in [-0.15, -0.1) is 0 Å². The predicted octanol–water partition coefficient (Wildman–Crippen LogP) is 2.58. The lowest BCUT2D eigenvalue weighted by Crippen LogP contribution is -2.29. The van der Waals surface area contributed by atoms with E-state index in [4.69, 9.17) is 20.0 Å². The highest BCUT2D eigenvalue weighted by Gasteiger charge is 2.16. The van der Waals surface area contributed by atoms with Gasteiger partial charge in [0.25, 0.3) is 11.5 Å². The lowest BCUT2D eigenvalue weighted by Gasteiger charge is -2.12. The van der Waals surface area contributed by atoms with Crippen molar-refractivity contribution >= 4 is 23.3 Å². The maximum Gasteiger partial charge on any atom is 0.319 e. The highest BCUT2D eigenvalue weighted by molar-refractivity contribution is 6.04. The standard InChI is InChI=1S/C28H22F2N6O6/c1-40-14-15-41-35-25(37)9-7-20-23(11-12-32-26(20)31)42-24-8-4-18(16-22(24)30)34-27(38)21-10-13-33-36(28(21)39)19-5-2-17(29)3-6-19/h2-6,8,10-13,16H,14-15H2,1H3,(H2,31,32)(H,34,38)(H,35,37). The van der Waals surface area contributed by atoms with Gasteiger partial charge in [0.1, 0.15) is 28.5 Å². The zero-order valence-corrected chi connectivity index (χ0v) is 21.9. The van der Waals surface area contributed by atoms with Crippen molar-refractivity contribution in [1.29, 1.82) is 0 Å². The average Bonchev–Trinajstić information content (AvgIpc) is 2.97. The highest BCUT2D eigenvalue weighted by Crippen LogP contribution is 2.30. The van der Waals surface area contributed by atoms with E-state index in [9.17, 15) is 23.2 Å². The summed E-state index contributed by atoms with van der Waals surface area (Å²) >= 11 is 0. The molecule has 0 aliphatic rings. The molecule has 0 fully saturated rings. The number of halogens is 2. The molecule has 0 spiro atoms. The Labute approximate surface area is 237 Å². The Kier molecular flexibility index (Phi) is 9.51. The number of nitrogens with one attached hydrogen (secondary N) is 2. The molecule has 0 saturated carbocycles. The van der Waals surface area contributed by atoms with Crippen molar-refractivity contribution in [3.63, 3.8) is 0 Å². The minimum absolute atomic E-state index is 0.0110. The summed E-state index contributed by atoms with van der Waals surface area (Å²) < 4.78 is 39.6. The van der Waals surface area contributed by atoms with Crippen molar-refractivity contribution in [2.75, 3.05) is 31.4 Å². The smallest absolute Gasteiger partial charge is 0.319 e. The highest BCUT2D eigenvalue weighted by atomic mass is 19.1. The quantitative estimate of drug-likeness (QED) is 0.155. The Morgan fingerprint density at radius 1 is 1.02 bits per heavy atom. The average molecular weight is 577 g/mol. The van der Waals surface area contributed by atoms with Gasteiger partial charge in [-0.05, 0) is 48.4 Å². The van der Waals surface area contributed by atoms with Gasteiger partial charge in [0.2, 0.25) is 0 Å². The number of hydrogen-bond acceptors (Lipinski definition) is 9. The van der Waals surface area contributed by atoms with E-state index in [1.165, 1.54) is 55.9 Å². The minimum Gasteiger partial charge on any atom is -0.453 e. The Balaban J connectivity index is 1.49. The van der Waals surface area contributed by atoms with E-state index in [0.717, 1.165) is 22.9 Å². The van der Waals surface area contributed by atoms with E-state index in [1.807, 2.05) is 0 Å². The lowest BCUT2D eigenvalue weighted by atomic mass is 10.2. The van der Waals surface area contributed by atoms with Crippen LogP contribution in [0.5, 0.6) is 11.5 Å². The van der Waals surface area contributed by atoms with E-state index in [0.29, 0.717) is 0 Å². The summed E-state index contributed by atoms with van der Waals surface area (Å²) in [5, 5.41) is 6.36. The molecule has 214 valence electrons. The summed E-state index contributed by atoms with van der Waals surface area (Å²) in [5.74, 6) is 1.51. The molecule has 0 unspecified atom stereocenters. The molecule has 2 amide bonds. The number of benzene rings is 2. The Bertz CT molecular complexity index is 1730. The van der Waals surface area contributed by atoms with Gasteiger partial charge in [-0.2, -0.15) is 9.78 Å². The molecule has 12 nitrogen and oxygen atoms in total. The van der Waals surface area contributed by atoms with E-state index in [1.54, 1.807) is 0 Å². The van der Waals surface area contributed by atoms with Crippen molar-refractivity contribution in [3.8, 4) is 29.0 Å². The van der Waals surface area contributed by atoms with Gasteiger partial charge in [0.05, 0.1) is 18.9 Å². The Morgan fingerprint density at radius 2 is 1.81 bits per heavy atom. The van der Waals surface area contributed by atoms with Gasteiger partial charge in [-0.25, -0.2) is 19.2 Å². The predicted molar refractivity (Wildman–Crippen MR) is 146 cm³/mol. The molecule has 0 aliphatic heterocycles. The fourth-order valence-corrected chi connectivity index (χ4v) is 3.39. The van der Waals surface area contributed by atoms with E-state index < -0.39 is 29.0 Å². The second-order valence-corrected chi connectivity index (χ2v) is 8.23. The second kappa shape index (κ2) is 13.6. The number of carbonyl (C=O) groups excluding carboxylic acids is 2. The number of nitrogens with two attached hydrogens (primary N) is 1. The molecular formula is C28H22F2N6O6. The van der Waals surface area contributed by atoms with Crippen LogP contribution in [0.25, 0.3) is 5.69 Å². The first-order valence-electron chi connectivity index (χ1n) is 12.1. The number of rotatable bonds is 9. The van der Waals surface area contributed by atoms with E-state index in [2.05, 4.69) is 32.7 Å². The number of hydrogen-bond donors (Lipinski definition) is 3. The summed E-state index contributed by atoms with van der Waals surface area (Å²) in [6.07, 6.45) is 2.54. The molecule has 2 heterocycles. The first-order chi connectivity index (χ1) is 20.3. The normalized spacial score (nSPS) is 10.4. The van der Waals surface area contributed by atoms with Gasteiger partial charge in [-0.1, -0.05) is 0 Å². The third-order valence-corrected chi connectivity index (χ3v) is 5.37. The fourth-order valence-electron chi connectivity index (χ4n) is 3.39. The number of anilines is 2. The van der Waals surface area contributed by atoms with Gasteiger partial charge < -0.3 is 20.5 Å². The summed E-state index contributed by atoms with van der Waals surface area (Å²) in [6, 6.07) is 11.1. The Hall–Kier alpha value is -5.65. The van der Waals surface area contributed by atoms with Crippen LogP contribution >= 0.6 is 0 Å². The van der Waals surface area contributed by atoms with Crippen molar-refractivity contribution in [3.05, 3.63) is 100 Å². The van der Waals surface area contributed by atoms with Gasteiger partial charge in [0.15, 0.2) is 11.6 Å². The number of methoxy groups -OCH3 is 1. The van der Waals surface area contributed by atoms with Crippen LogP contribution in [0.1, 0.15) is 15.9 Å². The number of nitrogens with zero attached hydrogens (tertiary/aromatic N) is 3. The van der Waals surface area contributed by atoms with Crippen molar-refractivity contribution in [1.82, 2.24) is 20.2 Å². The van der Waals surface area contributed by atoms with Crippen LogP contribution in [-0.4, -0.2) is 46.9 Å². The zero-order chi connectivity index (χ0) is 30.1. The molecule has 4 N–H and O–H groups in total. The summed E-state index contributed by atoms with van der Waals surface area (Å²) in [7, 11) is 1.47. The van der Waals surface area contributed by atoms with Gasteiger partial charge >= 0.3 is 5.91 Å². The number of ether oxygens (including phenoxy) is 2. The molecule has 0 atom stereocenters. The van der Waals surface area contributed by atoms with Crippen LogP contribution in [0.3, 0.4) is 0 Å². The number of pyridine rings is 1. The van der Waals surface area contributed by atoms with Crippen LogP contribution in [0.15, 0.2) is 71.8 Å². The molecule has 2 aromatic heterocycles. The number of nitrogen functional groups attached to an aromatic ring is 1. The van der Waals surface area contributed by atoms with Crippen LogP contribution in [-0.2, 0) is 14.4 Å². The van der Waals surface area contributed by atoms with Crippen molar-refractivity contribution < 1.29 is 32.7 Å². The molecule has 4 rings (SSSR count). The summed E-state index contributed by atoms with van der Waals surface area (Å²) in [4.78, 5) is 46.3. The zero-order valence-electron chi connectivity index (χ0n) is 21.9. The van der Waals surface area contributed by atoms with Crippen LogP contribution < -0.4 is 26.8 Å². The molecule has 0 aliphatic carbocycles. The second-order valence-electron chi connectivity index (χ2n) is 8.23. The van der Waals surface area contributed by atoms with Crippen molar-refractivity contribution in [2.24, 2.45) is 0 Å².